The maximum Gasteiger partial charge on any atom is 0.162 e. The Morgan fingerprint density at radius 2 is 1.18 bits per heavy atom. The van der Waals surface area contributed by atoms with Gasteiger partial charge in [0.25, 0.3) is 0 Å². The van der Waals surface area contributed by atoms with E-state index >= 15 is 0 Å². The lowest BCUT2D eigenvalue weighted by molar-refractivity contribution is -0.0142. The summed E-state index contributed by atoms with van der Waals surface area (Å²) in [6, 6.07) is 26.9. The fourth-order valence-corrected chi connectivity index (χ4v) is 5.89. The number of rotatable bonds is 8. The monoisotopic (exact) mass is 561 g/mol. The fourth-order valence-electron chi connectivity index (χ4n) is 5.89. The van der Waals surface area contributed by atoms with Gasteiger partial charge in [-0.2, -0.15) is 0 Å². The van der Waals surface area contributed by atoms with Gasteiger partial charge in [0.05, 0.1) is 0 Å². The van der Waals surface area contributed by atoms with E-state index in [9.17, 15) is 9.90 Å². The molecule has 1 fully saturated rings. The molecule has 3 aromatic rings. The highest BCUT2D eigenvalue weighted by atomic mass is 35.5. The summed E-state index contributed by atoms with van der Waals surface area (Å²) in [4.78, 5) is 15.2. The van der Waals surface area contributed by atoms with E-state index in [4.69, 9.17) is 0 Å². The van der Waals surface area contributed by atoms with E-state index in [1.54, 1.807) is 0 Å². The summed E-state index contributed by atoms with van der Waals surface area (Å²) in [5.41, 5.74) is 4.44. The summed E-state index contributed by atoms with van der Waals surface area (Å²) in [5, 5.41) is 12.3. The van der Waals surface area contributed by atoms with Crippen LogP contribution in [0.4, 0.5) is 0 Å². The van der Waals surface area contributed by atoms with Gasteiger partial charge in [-0.15, -0.1) is 12.4 Å². The molecule has 1 aliphatic rings. The molecule has 4 heteroatoms. The van der Waals surface area contributed by atoms with Crippen LogP contribution in [0.25, 0.3) is 0 Å². The van der Waals surface area contributed by atoms with E-state index in [0.29, 0.717) is 6.42 Å². The van der Waals surface area contributed by atoms with Gasteiger partial charge in [0.2, 0.25) is 0 Å². The number of nitrogens with zero attached hydrogens (tertiary/aromatic N) is 1. The van der Waals surface area contributed by atoms with E-state index in [0.717, 1.165) is 55.6 Å². The minimum atomic E-state index is -1.01. The Balaban J connectivity index is 0.00000441. The Kier molecular flexibility index (Phi) is 10.4. The zero-order valence-electron chi connectivity index (χ0n) is 25.2. The van der Waals surface area contributed by atoms with Crippen molar-refractivity contribution in [2.75, 3.05) is 19.6 Å². The molecule has 40 heavy (non-hydrogen) atoms. The smallest absolute Gasteiger partial charge is 0.162 e. The minimum Gasteiger partial charge on any atom is -0.380 e. The average molecular weight is 562 g/mol. The van der Waals surface area contributed by atoms with Crippen LogP contribution in [-0.4, -0.2) is 35.4 Å². The van der Waals surface area contributed by atoms with E-state index in [-0.39, 0.29) is 34.9 Å². The SMILES string of the molecule is CC(C)(C)c1ccc(C(=O)CCCN2CCC(C(O)(c3ccccc3)c3ccc(C(C)(C)C)cc3)CC2)cc1.Cl. The third kappa shape index (κ3) is 7.43. The Bertz CT molecular complexity index is 1220. The van der Waals surface area contributed by atoms with Crippen LogP contribution < -0.4 is 0 Å². The largest absolute Gasteiger partial charge is 0.380 e. The molecule has 3 nitrogen and oxygen atoms in total. The topological polar surface area (TPSA) is 40.5 Å². The first-order valence-electron chi connectivity index (χ1n) is 14.6. The zero-order chi connectivity index (χ0) is 28.3. The third-order valence-corrected chi connectivity index (χ3v) is 8.53. The molecular weight excluding hydrogens is 514 g/mol. The van der Waals surface area contributed by atoms with Crippen molar-refractivity contribution in [1.82, 2.24) is 4.90 Å². The van der Waals surface area contributed by atoms with E-state index in [1.165, 1.54) is 11.1 Å². The maximum absolute atomic E-state index is 12.8. The molecule has 216 valence electrons. The van der Waals surface area contributed by atoms with Crippen LogP contribution in [0.15, 0.2) is 78.9 Å². The quantitative estimate of drug-likeness (QED) is 0.281. The van der Waals surface area contributed by atoms with Gasteiger partial charge in [0.15, 0.2) is 5.78 Å². The highest BCUT2D eigenvalue weighted by Gasteiger charge is 2.41. The van der Waals surface area contributed by atoms with Gasteiger partial charge in [0.1, 0.15) is 5.60 Å². The third-order valence-electron chi connectivity index (χ3n) is 8.53. The van der Waals surface area contributed by atoms with Crippen molar-refractivity contribution in [3.05, 3.63) is 107 Å². The summed E-state index contributed by atoms with van der Waals surface area (Å²) in [5.74, 6) is 0.363. The molecule has 1 unspecified atom stereocenters. The number of carbonyl (C=O) groups excluding carboxylic acids is 1. The lowest BCUT2D eigenvalue weighted by Crippen LogP contribution is -2.44. The first kappa shape index (κ1) is 32.1. The predicted molar refractivity (Wildman–Crippen MR) is 170 cm³/mol. The molecule has 1 N–H and O–H groups in total. The Morgan fingerprint density at radius 1 is 0.725 bits per heavy atom. The minimum absolute atomic E-state index is 0. The maximum atomic E-state index is 12.8. The van der Waals surface area contributed by atoms with Crippen molar-refractivity contribution in [1.29, 1.82) is 0 Å². The van der Waals surface area contributed by atoms with Crippen molar-refractivity contribution in [3.8, 4) is 0 Å². The summed E-state index contributed by atoms with van der Waals surface area (Å²) >= 11 is 0. The second kappa shape index (κ2) is 13.0. The van der Waals surface area contributed by atoms with Gasteiger partial charge in [-0.3, -0.25) is 4.79 Å². The number of carbonyl (C=O) groups is 1. The Hall–Kier alpha value is -2.46. The molecule has 0 aromatic heterocycles. The molecular formula is C36H48ClNO2. The van der Waals surface area contributed by atoms with Crippen LogP contribution in [0.1, 0.15) is 99.8 Å². The highest BCUT2D eigenvalue weighted by Crippen LogP contribution is 2.42. The molecule has 4 rings (SSSR count). The molecule has 1 heterocycles. The van der Waals surface area contributed by atoms with E-state index in [2.05, 4.69) is 95.0 Å². The lowest BCUT2D eigenvalue weighted by atomic mass is 9.71. The normalized spacial score (nSPS) is 16.7. The summed E-state index contributed by atoms with van der Waals surface area (Å²) < 4.78 is 0. The molecule has 1 saturated heterocycles. The van der Waals surface area contributed by atoms with Crippen LogP contribution in [0, 0.1) is 5.92 Å². The molecule has 0 amide bonds. The number of halogens is 1. The van der Waals surface area contributed by atoms with Crippen molar-refractivity contribution < 1.29 is 9.90 Å². The van der Waals surface area contributed by atoms with Gasteiger partial charge in [0, 0.05) is 12.0 Å². The molecule has 3 aromatic carbocycles. The van der Waals surface area contributed by atoms with Crippen LogP contribution in [0.5, 0.6) is 0 Å². The molecule has 1 aliphatic heterocycles. The number of Topliss-reactive ketones (excluding diaryl/α,β-unsaturated/α-hetero) is 1. The highest BCUT2D eigenvalue weighted by molar-refractivity contribution is 5.96. The summed E-state index contributed by atoms with van der Waals surface area (Å²) in [6.07, 6.45) is 3.29. The zero-order valence-corrected chi connectivity index (χ0v) is 26.1. The van der Waals surface area contributed by atoms with Crippen molar-refractivity contribution in [3.63, 3.8) is 0 Å². The molecule has 0 radical (unpaired) electrons. The summed E-state index contributed by atoms with van der Waals surface area (Å²) in [6.45, 7) is 16.0. The standard InChI is InChI=1S/C36H47NO2.ClH/c1-34(2,3)28-16-14-27(15-17-28)33(38)13-10-24-37-25-22-32(23-26-37)36(39,30-11-8-7-9-12-30)31-20-18-29(19-21-31)35(4,5)6;/h7-9,11-12,14-21,32,39H,10,13,22-26H2,1-6H3;1H. The second-order valence-corrected chi connectivity index (χ2v) is 13.4. The molecule has 0 aliphatic carbocycles. The predicted octanol–water partition coefficient (Wildman–Crippen LogP) is 8.31. The van der Waals surface area contributed by atoms with Crippen LogP contribution in [0.2, 0.25) is 0 Å². The molecule has 1 atom stereocenters. The van der Waals surface area contributed by atoms with Gasteiger partial charge in [-0.25, -0.2) is 0 Å². The van der Waals surface area contributed by atoms with Crippen molar-refractivity contribution >= 4 is 18.2 Å². The first-order chi connectivity index (χ1) is 18.4. The first-order valence-corrected chi connectivity index (χ1v) is 14.6. The van der Waals surface area contributed by atoms with Gasteiger partial charge >= 0.3 is 0 Å². The number of hydrogen-bond donors (Lipinski definition) is 1. The Morgan fingerprint density at radius 3 is 1.68 bits per heavy atom. The average Bonchev–Trinajstić information content (AvgIpc) is 2.92. The number of piperidine rings is 1. The van der Waals surface area contributed by atoms with Crippen LogP contribution in [-0.2, 0) is 16.4 Å². The van der Waals surface area contributed by atoms with Gasteiger partial charge in [-0.1, -0.05) is 120 Å². The van der Waals surface area contributed by atoms with E-state index < -0.39 is 5.60 Å². The van der Waals surface area contributed by atoms with Gasteiger partial charge < -0.3 is 10.0 Å². The lowest BCUT2D eigenvalue weighted by Gasteiger charge is -2.42. The van der Waals surface area contributed by atoms with Crippen molar-refractivity contribution in [2.24, 2.45) is 5.92 Å². The van der Waals surface area contributed by atoms with Crippen LogP contribution in [0.3, 0.4) is 0 Å². The van der Waals surface area contributed by atoms with Crippen molar-refractivity contribution in [2.45, 2.75) is 83.7 Å². The number of ketones is 1. The number of hydrogen-bond acceptors (Lipinski definition) is 3. The molecule has 0 spiro atoms. The number of benzene rings is 3. The Labute approximate surface area is 248 Å². The van der Waals surface area contributed by atoms with E-state index in [1.807, 2.05) is 30.3 Å². The van der Waals surface area contributed by atoms with Gasteiger partial charge in [-0.05, 0) is 77.9 Å². The summed E-state index contributed by atoms with van der Waals surface area (Å²) in [7, 11) is 0. The fraction of sp³-hybridized carbons (Fsp3) is 0.472. The number of likely N-dealkylation sites (tertiary alicyclic amines) is 1. The number of aliphatic hydroxyl groups is 1. The van der Waals surface area contributed by atoms with Crippen LogP contribution >= 0.6 is 12.4 Å². The molecule has 0 saturated carbocycles. The molecule has 0 bridgehead atoms. The second-order valence-electron chi connectivity index (χ2n) is 13.4.